The Bertz CT molecular complexity index is 550. The number of carbonyl (C=O) groups is 1. The summed E-state index contributed by atoms with van der Waals surface area (Å²) >= 11 is 6.07. The van der Waals surface area contributed by atoms with Crippen LogP contribution in [0.1, 0.15) is 42.5 Å². The monoisotopic (exact) mass is 449 g/mol. The number of benzene rings is 1. The van der Waals surface area contributed by atoms with E-state index in [9.17, 15) is 4.79 Å². The van der Waals surface area contributed by atoms with E-state index in [-0.39, 0.29) is 29.9 Å². The van der Waals surface area contributed by atoms with Gasteiger partial charge in [0.15, 0.2) is 0 Å². The molecule has 0 spiro atoms. The largest absolute Gasteiger partial charge is 1.00 e. The van der Waals surface area contributed by atoms with Crippen LogP contribution in [0.4, 0.5) is 0 Å². The Balaban J connectivity index is 0.00000192. The number of esters is 1. The summed E-state index contributed by atoms with van der Waals surface area (Å²) in [4.78, 5) is 12.2. The SMILES string of the molecule is C[N+]12CCCC[C@@H]1[C@H](COC(=O)c1ccccc1Cl)CCC2.[I-]. The second-order valence-corrected chi connectivity index (χ2v) is 7.38. The summed E-state index contributed by atoms with van der Waals surface area (Å²) in [6, 6.07) is 7.75. The van der Waals surface area contributed by atoms with Crippen molar-refractivity contribution in [2.75, 3.05) is 26.7 Å². The Hall–Kier alpha value is -0.330. The third-order valence-corrected chi connectivity index (χ3v) is 5.86. The highest BCUT2D eigenvalue weighted by Gasteiger charge is 2.43. The standard InChI is InChI=1S/C18H25ClNO2.HI/c1-20-11-5-4-10-17(20)14(7-6-12-20)13-22-18(21)15-8-2-3-9-16(15)19;/h2-3,8-9,14,17H,4-7,10-13H2,1H3;1H/q+1;/p-1/t14-,17+,20?;/m0./s1. The number of halogens is 2. The van der Waals surface area contributed by atoms with Crippen molar-refractivity contribution >= 4 is 17.6 Å². The fourth-order valence-corrected chi connectivity index (χ4v) is 4.53. The molecule has 1 aromatic rings. The van der Waals surface area contributed by atoms with Crippen molar-refractivity contribution in [1.82, 2.24) is 0 Å². The van der Waals surface area contributed by atoms with Gasteiger partial charge in [0.25, 0.3) is 0 Å². The lowest BCUT2D eigenvalue weighted by Crippen LogP contribution is -3.00. The predicted molar refractivity (Wildman–Crippen MR) is 88.0 cm³/mol. The lowest BCUT2D eigenvalue weighted by Gasteiger charge is -2.51. The molecule has 2 aliphatic heterocycles. The van der Waals surface area contributed by atoms with Gasteiger partial charge in [-0.3, -0.25) is 0 Å². The average Bonchev–Trinajstić information content (AvgIpc) is 2.52. The number of ether oxygens (including phenoxy) is 1. The Morgan fingerprint density at radius 3 is 2.74 bits per heavy atom. The molecule has 0 aromatic heterocycles. The van der Waals surface area contributed by atoms with E-state index in [1.165, 1.54) is 49.7 Å². The molecule has 2 aliphatic rings. The first-order chi connectivity index (χ1) is 10.6. The molecule has 3 rings (SSSR count). The fourth-order valence-electron chi connectivity index (χ4n) is 4.31. The molecule has 0 radical (unpaired) electrons. The molecule has 2 heterocycles. The molecule has 0 bridgehead atoms. The van der Waals surface area contributed by atoms with Crippen LogP contribution in [-0.2, 0) is 4.74 Å². The van der Waals surface area contributed by atoms with Crippen molar-refractivity contribution in [2.45, 2.75) is 38.1 Å². The average molecular weight is 450 g/mol. The van der Waals surface area contributed by atoms with Crippen LogP contribution in [-0.4, -0.2) is 43.2 Å². The maximum absolute atomic E-state index is 12.2. The Morgan fingerprint density at radius 2 is 1.96 bits per heavy atom. The van der Waals surface area contributed by atoms with E-state index in [2.05, 4.69) is 7.05 Å². The first kappa shape index (κ1) is 19.0. The summed E-state index contributed by atoms with van der Waals surface area (Å²) in [5, 5.41) is 0.467. The van der Waals surface area contributed by atoms with Crippen LogP contribution in [0.3, 0.4) is 0 Å². The highest BCUT2D eigenvalue weighted by atomic mass is 127. The zero-order valence-electron chi connectivity index (χ0n) is 13.6. The molecule has 3 nitrogen and oxygen atoms in total. The minimum atomic E-state index is -0.291. The van der Waals surface area contributed by atoms with E-state index in [0.717, 1.165) is 0 Å². The van der Waals surface area contributed by atoms with Crippen LogP contribution in [0.25, 0.3) is 0 Å². The highest BCUT2D eigenvalue weighted by molar-refractivity contribution is 6.33. The van der Waals surface area contributed by atoms with Gasteiger partial charge < -0.3 is 33.2 Å². The molecule has 0 N–H and O–H groups in total. The predicted octanol–water partition coefficient (Wildman–Crippen LogP) is 0.910. The van der Waals surface area contributed by atoms with Crippen LogP contribution in [0.5, 0.6) is 0 Å². The molecule has 2 saturated heterocycles. The molecule has 0 aliphatic carbocycles. The van der Waals surface area contributed by atoms with Crippen molar-refractivity contribution in [3.63, 3.8) is 0 Å². The van der Waals surface area contributed by atoms with E-state index in [4.69, 9.17) is 16.3 Å². The number of piperidine rings is 2. The summed E-state index contributed by atoms with van der Waals surface area (Å²) in [6.07, 6.45) is 6.33. The van der Waals surface area contributed by atoms with Crippen LogP contribution >= 0.6 is 11.6 Å². The number of hydrogen-bond acceptors (Lipinski definition) is 2. The van der Waals surface area contributed by atoms with Gasteiger partial charge in [0, 0.05) is 12.3 Å². The lowest BCUT2D eigenvalue weighted by molar-refractivity contribution is -0.947. The van der Waals surface area contributed by atoms with Crippen molar-refractivity contribution in [3.05, 3.63) is 34.9 Å². The molecule has 23 heavy (non-hydrogen) atoms. The Morgan fingerprint density at radius 1 is 1.22 bits per heavy atom. The van der Waals surface area contributed by atoms with Crippen molar-refractivity contribution in [3.8, 4) is 0 Å². The summed E-state index contributed by atoms with van der Waals surface area (Å²) in [5.74, 6) is 0.201. The van der Waals surface area contributed by atoms with Crippen LogP contribution < -0.4 is 24.0 Å². The topological polar surface area (TPSA) is 26.3 Å². The quantitative estimate of drug-likeness (QED) is 0.390. The maximum Gasteiger partial charge on any atom is 0.339 e. The van der Waals surface area contributed by atoms with E-state index in [0.29, 0.717) is 29.2 Å². The van der Waals surface area contributed by atoms with Gasteiger partial charge in [-0.25, -0.2) is 4.79 Å². The molecule has 5 heteroatoms. The van der Waals surface area contributed by atoms with Gasteiger partial charge in [0.2, 0.25) is 0 Å². The van der Waals surface area contributed by atoms with E-state index < -0.39 is 0 Å². The first-order valence-corrected chi connectivity index (χ1v) is 8.74. The maximum atomic E-state index is 12.2. The lowest BCUT2D eigenvalue weighted by atomic mass is 9.82. The van der Waals surface area contributed by atoms with Gasteiger partial charge in [-0.05, 0) is 37.8 Å². The molecule has 128 valence electrons. The Labute approximate surface area is 160 Å². The van der Waals surface area contributed by atoms with Crippen LogP contribution in [0.2, 0.25) is 5.02 Å². The van der Waals surface area contributed by atoms with Gasteiger partial charge in [-0.2, -0.15) is 0 Å². The zero-order valence-corrected chi connectivity index (χ0v) is 16.6. The highest BCUT2D eigenvalue weighted by Crippen LogP contribution is 2.36. The van der Waals surface area contributed by atoms with Crippen molar-refractivity contribution < 1.29 is 38.0 Å². The Kier molecular flexibility index (Phi) is 6.75. The molecule has 2 fully saturated rings. The number of nitrogens with zero attached hydrogens (tertiary/aromatic N) is 1. The smallest absolute Gasteiger partial charge is 0.339 e. The molecule has 3 atom stereocenters. The number of carbonyl (C=O) groups excluding carboxylic acids is 1. The van der Waals surface area contributed by atoms with Gasteiger partial charge in [0.1, 0.15) is 6.61 Å². The number of rotatable bonds is 3. The zero-order chi connectivity index (χ0) is 15.6. The minimum absolute atomic E-state index is 0. The number of quaternary nitrogens is 1. The third-order valence-electron chi connectivity index (χ3n) is 5.53. The van der Waals surface area contributed by atoms with E-state index in [1.54, 1.807) is 12.1 Å². The minimum Gasteiger partial charge on any atom is -1.00 e. The molecule has 1 unspecified atom stereocenters. The summed E-state index contributed by atoms with van der Waals surface area (Å²) in [5.41, 5.74) is 0.473. The summed E-state index contributed by atoms with van der Waals surface area (Å²) in [6.45, 7) is 3.09. The molecule has 1 aromatic carbocycles. The van der Waals surface area contributed by atoms with E-state index in [1.807, 2.05) is 12.1 Å². The third kappa shape index (κ3) is 4.20. The van der Waals surface area contributed by atoms with E-state index >= 15 is 0 Å². The van der Waals surface area contributed by atoms with Crippen molar-refractivity contribution in [1.29, 1.82) is 0 Å². The summed E-state index contributed by atoms with van der Waals surface area (Å²) < 4.78 is 6.78. The number of fused-ring (bicyclic) bond motifs is 1. The molecular weight excluding hydrogens is 425 g/mol. The molecule has 0 amide bonds. The van der Waals surface area contributed by atoms with Gasteiger partial charge in [0.05, 0.1) is 36.8 Å². The molecule has 0 saturated carbocycles. The van der Waals surface area contributed by atoms with Gasteiger partial charge in [-0.1, -0.05) is 23.7 Å². The van der Waals surface area contributed by atoms with Gasteiger partial charge in [-0.15, -0.1) is 0 Å². The van der Waals surface area contributed by atoms with Gasteiger partial charge >= 0.3 is 5.97 Å². The van der Waals surface area contributed by atoms with Crippen LogP contribution in [0, 0.1) is 5.92 Å². The molecular formula is C18H25ClINO2. The number of hydrogen-bond donors (Lipinski definition) is 0. The second kappa shape index (κ2) is 8.17. The van der Waals surface area contributed by atoms with Crippen molar-refractivity contribution in [2.24, 2.45) is 5.92 Å². The summed E-state index contributed by atoms with van der Waals surface area (Å²) in [7, 11) is 2.38. The second-order valence-electron chi connectivity index (χ2n) is 6.97. The van der Waals surface area contributed by atoms with Crippen LogP contribution in [0.15, 0.2) is 24.3 Å². The fraction of sp³-hybridized carbons (Fsp3) is 0.611. The normalized spacial score (nSPS) is 30.0. The first-order valence-electron chi connectivity index (χ1n) is 8.36.